The van der Waals surface area contributed by atoms with Gasteiger partial charge in [-0.1, -0.05) is 6.07 Å². The summed E-state index contributed by atoms with van der Waals surface area (Å²) in [6, 6.07) is 6.05. The number of ether oxygens (including phenoxy) is 1. The molecule has 17 heavy (non-hydrogen) atoms. The van der Waals surface area contributed by atoms with Crippen LogP contribution >= 0.6 is 0 Å². The lowest BCUT2D eigenvalue weighted by molar-refractivity contribution is -0.384. The van der Waals surface area contributed by atoms with E-state index in [1.54, 1.807) is 19.1 Å². The van der Waals surface area contributed by atoms with E-state index in [1.807, 2.05) is 0 Å². The fraction of sp³-hybridized carbons (Fsp3) is 0.455. The van der Waals surface area contributed by atoms with Crippen molar-refractivity contribution >= 4 is 5.69 Å². The van der Waals surface area contributed by atoms with Crippen molar-refractivity contribution < 1.29 is 14.8 Å². The molecule has 1 unspecified atom stereocenters. The zero-order valence-corrected chi connectivity index (χ0v) is 9.63. The molecule has 0 amide bonds. The summed E-state index contributed by atoms with van der Waals surface area (Å²) in [5.41, 5.74) is 0.0134. The molecular weight excluding hydrogens is 224 g/mol. The van der Waals surface area contributed by atoms with Crippen molar-refractivity contribution in [2.45, 2.75) is 13.0 Å². The highest BCUT2D eigenvalue weighted by atomic mass is 16.6. The van der Waals surface area contributed by atoms with Gasteiger partial charge in [-0.05, 0) is 13.0 Å². The summed E-state index contributed by atoms with van der Waals surface area (Å²) in [6.07, 6.45) is -0.396. The van der Waals surface area contributed by atoms with Gasteiger partial charge in [0.25, 0.3) is 5.69 Å². The second-order valence-corrected chi connectivity index (χ2v) is 3.66. The fourth-order valence-corrected chi connectivity index (χ4v) is 1.24. The van der Waals surface area contributed by atoms with Gasteiger partial charge in [0, 0.05) is 19.2 Å². The number of nitro groups is 1. The molecule has 0 radical (unpaired) electrons. The first-order chi connectivity index (χ1) is 8.09. The van der Waals surface area contributed by atoms with E-state index in [-0.39, 0.29) is 5.69 Å². The minimum Gasteiger partial charge on any atom is -0.492 e. The second-order valence-electron chi connectivity index (χ2n) is 3.66. The Morgan fingerprint density at radius 2 is 2.35 bits per heavy atom. The summed E-state index contributed by atoms with van der Waals surface area (Å²) in [7, 11) is 0. The van der Waals surface area contributed by atoms with Crippen LogP contribution in [0.25, 0.3) is 0 Å². The highest BCUT2D eigenvalue weighted by Crippen LogP contribution is 2.18. The molecule has 0 saturated heterocycles. The largest absolute Gasteiger partial charge is 0.492 e. The van der Waals surface area contributed by atoms with E-state index in [9.17, 15) is 10.1 Å². The third-order valence-corrected chi connectivity index (χ3v) is 2.02. The Hall–Kier alpha value is -1.66. The van der Waals surface area contributed by atoms with Crippen LogP contribution in [0.2, 0.25) is 0 Å². The fourth-order valence-electron chi connectivity index (χ4n) is 1.24. The van der Waals surface area contributed by atoms with Crippen molar-refractivity contribution in [1.29, 1.82) is 0 Å². The molecule has 0 aliphatic heterocycles. The van der Waals surface area contributed by atoms with Crippen molar-refractivity contribution in [3.8, 4) is 5.75 Å². The maximum Gasteiger partial charge on any atom is 0.273 e. The molecule has 0 aliphatic carbocycles. The standard InChI is InChI=1S/C11H16N2O4/c1-9(14)8-12-5-6-17-11-4-2-3-10(7-11)13(15)16/h2-4,7,9,12,14H,5-6,8H2,1H3. The molecule has 0 aliphatic rings. The van der Waals surface area contributed by atoms with Crippen molar-refractivity contribution in [2.24, 2.45) is 0 Å². The normalized spacial score (nSPS) is 12.1. The number of benzene rings is 1. The van der Waals surface area contributed by atoms with Gasteiger partial charge in [0.15, 0.2) is 0 Å². The number of nitro benzene ring substituents is 1. The molecule has 0 spiro atoms. The van der Waals surface area contributed by atoms with Gasteiger partial charge in [-0.15, -0.1) is 0 Å². The maximum absolute atomic E-state index is 10.5. The van der Waals surface area contributed by atoms with Crippen LogP contribution in [-0.2, 0) is 0 Å². The van der Waals surface area contributed by atoms with E-state index >= 15 is 0 Å². The molecule has 0 saturated carbocycles. The zero-order chi connectivity index (χ0) is 12.7. The van der Waals surface area contributed by atoms with Gasteiger partial charge in [-0.2, -0.15) is 0 Å². The van der Waals surface area contributed by atoms with E-state index in [2.05, 4.69) is 5.32 Å². The van der Waals surface area contributed by atoms with Gasteiger partial charge >= 0.3 is 0 Å². The first-order valence-electron chi connectivity index (χ1n) is 5.35. The van der Waals surface area contributed by atoms with Crippen LogP contribution in [0.4, 0.5) is 5.69 Å². The van der Waals surface area contributed by atoms with E-state index < -0.39 is 11.0 Å². The second kappa shape index (κ2) is 6.82. The quantitative estimate of drug-likeness (QED) is 0.421. The third-order valence-electron chi connectivity index (χ3n) is 2.02. The van der Waals surface area contributed by atoms with Crippen molar-refractivity contribution in [3.05, 3.63) is 34.4 Å². The summed E-state index contributed by atoms with van der Waals surface area (Å²) < 4.78 is 5.33. The summed E-state index contributed by atoms with van der Waals surface area (Å²) >= 11 is 0. The van der Waals surface area contributed by atoms with Gasteiger partial charge in [0.05, 0.1) is 17.1 Å². The van der Waals surface area contributed by atoms with E-state index in [0.29, 0.717) is 25.4 Å². The molecule has 0 aromatic heterocycles. The average Bonchev–Trinajstić information content (AvgIpc) is 2.28. The SMILES string of the molecule is CC(O)CNCCOc1cccc([N+](=O)[O-])c1. The number of hydrogen-bond acceptors (Lipinski definition) is 5. The molecule has 1 aromatic carbocycles. The molecule has 94 valence electrons. The number of non-ortho nitro benzene ring substituents is 1. The molecule has 6 nitrogen and oxygen atoms in total. The molecule has 2 N–H and O–H groups in total. The smallest absolute Gasteiger partial charge is 0.273 e. The van der Waals surface area contributed by atoms with Gasteiger partial charge < -0.3 is 15.2 Å². The molecule has 6 heteroatoms. The molecule has 0 bridgehead atoms. The van der Waals surface area contributed by atoms with Crippen LogP contribution in [-0.4, -0.2) is 35.8 Å². The van der Waals surface area contributed by atoms with E-state index in [1.165, 1.54) is 12.1 Å². The molecule has 0 fully saturated rings. The predicted molar refractivity (Wildman–Crippen MR) is 63.1 cm³/mol. The summed E-state index contributed by atoms with van der Waals surface area (Å²) in [4.78, 5) is 10.1. The van der Waals surface area contributed by atoms with Gasteiger partial charge in [-0.3, -0.25) is 10.1 Å². The third kappa shape index (κ3) is 5.28. The minimum atomic E-state index is -0.460. The van der Waals surface area contributed by atoms with Crippen LogP contribution in [0.3, 0.4) is 0 Å². The lowest BCUT2D eigenvalue weighted by atomic mass is 10.3. The van der Waals surface area contributed by atoms with Gasteiger partial charge in [-0.25, -0.2) is 0 Å². The Labute approximate surface area is 99.4 Å². The number of rotatable bonds is 7. The van der Waals surface area contributed by atoms with Crippen molar-refractivity contribution in [1.82, 2.24) is 5.32 Å². The van der Waals surface area contributed by atoms with E-state index in [0.717, 1.165) is 0 Å². The number of aliphatic hydroxyl groups is 1. The van der Waals surface area contributed by atoms with E-state index in [4.69, 9.17) is 9.84 Å². The molecule has 1 atom stereocenters. The Morgan fingerprint density at radius 3 is 3.00 bits per heavy atom. The van der Waals surface area contributed by atoms with Gasteiger partial charge in [0.1, 0.15) is 12.4 Å². The summed E-state index contributed by atoms with van der Waals surface area (Å²) in [5, 5.41) is 22.5. The summed E-state index contributed by atoms with van der Waals surface area (Å²) in [6.45, 7) is 3.16. The molecular formula is C11H16N2O4. The van der Waals surface area contributed by atoms with Crippen LogP contribution in [0.15, 0.2) is 24.3 Å². The summed E-state index contributed by atoms with van der Waals surface area (Å²) in [5.74, 6) is 0.470. The Kier molecular flexibility index (Phi) is 5.38. The first kappa shape index (κ1) is 13.4. The lowest BCUT2D eigenvalue weighted by Gasteiger charge is -2.08. The number of nitrogens with zero attached hydrogens (tertiary/aromatic N) is 1. The van der Waals surface area contributed by atoms with Crippen LogP contribution in [0.1, 0.15) is 6.92 Å². The number of nitrogens with one attached hydrogen (secondary N) is 1. The maximum atomic E-state index is 10.5. The van der Waals surface area contributed by atoms with Crippen LogP contribution in [0.5, 0.6) is 5.75 Å². The highest BCUT2D eigenvalue weighted by Gasteiger charge is 2.05. The predicted octanol–water partition coefficient (Wildman–Crippen LogP) is 0.944. The number of aliphatic hydroxyl groups excluding tert-OH is 1. The monoisotopic (exact) mass is 240 g/mol. The topological polar surface area (TPSA) is 84.6 Å². The molecule has 1 rings (SSSR count). The minimum absolute atomic E-state index is 0.0134. The van der Waals surface area contributed by atoms with Crippen LogP contribution < -0.4 is 10.1 Å². The lowest BCUT2D eigenvalue weighted by Crippen LogP contribution is -2.28. The first-order valence-corrected chi connectivity index (χ1v) is 5.35. The molecule has 1 aromatic rings. The van der Waals surface area contributed by atoms with Crippen LogP contribution in [0, 0.1) is 10.1 Å². The number of hydrogen-bond donors (Lipinski definition) is 2. The Morgan fingerprint density at radius 1 is 1.59 bits per heavy atom. The Bertz CT molecular complexity index is 368. The van der Waals surface area contributed by atoms with Gasteiger partial charge in [0.2, 0.25) is 0 Å². The molecule has 0 heterocycles. The average molecular weight is 240 g/mol. The Balaban J connectivity index is 2.31. The zero-order valence-electron chi connectivity index (χ0n) is 9.63. The van der Waals surface area contributed by atoms with Crippen molar-refractivity contribution in [3.63, 3.8) is 0 Å². The highest BCUT2D eigenvalue weighted by molar-refractivity contribution is 5.37. The van der Waals surface area contributed by atoms with Crippen molar-refractivity contribution in [2.75, 3.05) is 19.7 Å².